The third-order valence-corrected chi connectivity index (χ3v) is 2.07. The lowest BCUT2D eigenvalue weighted by Crippen LogP contribution is -2.54. The second-order valence-electron chi connectivity index (χ2n) is 2.78. The van der Waals surface area contributed by atoms with Crippen LogP contribution < -0.4 is 5.32 Å². The van der Waals surface area contributed by atoms with Crippen LogP contribution in [0.3, 0.4) is 0 Å². The van der Waals surface area contributed by atoms with Gasteiger partial charge in [0.15, 0.2) is 5.84 Å². The number of hydrogen-bond acceptors (Lipinski definition) is 4. The lowest BCUT2D eigenvalue weighted by molar-refractivity contribution is -0.290. The number of carbonyl (C=O) groups is 1. The molecule has 1 aliphatic heterocycles. The van der Waals surface area contributed by atoms with Crippen molar-refractivity contribution in [3.05, 3.63) is 0 Å². The van der Waals surface area contributed by atoms with Crippen LogP contribution in [0.2, 0.25) is 0 Å². The number of nitrogens with zero attached hydrogens (tertiary/aromatic N) is 2. The zero-order valence-corrected chi connectivity index (χ0v) is 8.83. The van der Waals surface area contributed by atoms with Crippen molar-refractivity contribution in [3.8, 4) is 0 Å². The molecule has 0 spiro atoms. The van der Waals surface area contributed by atoms with E-state index >= 15 is 0 Å². The van der Waals surface area contributed by atoms with Crippen molar-refractivity contribution in [2.45, 2.75) is 13.0 Å². The number of likely N-dealkylation sites (N-methyl/N-ethyl adjacent to an activating group) is 1. The first-order chi connectivity index (χ1) is 6.61. The first kappa shape index (κ1) is 10.9. The van der Waals surface area contributed by atoms with Crippen LogP contribution in [-0.2, 0) is 14.3 Å². The average molecular weight is 201 g/mol. The molecular formula is C8H15N3O3. The fourth-order valence-electron chi connectivity index (χ4n) is 1.31. The van der Waals surface area contributed by atoms with Gasteiger partial charge in [-0.15, -0.1) is 0 Å². The van der Waals surface area contributed by atoms with Crippen LogP contribution >= 0.6 is 0 Å². The largest absolute Gasteiger partial charge is 0.343 e. The second kappa shape index (κ2) is 3.93. The zero-order chi connectivity index (χ0) is 10.8. The molecule has 0 radical (unpaired) electrons. The van der Waals surface area contributed by atoms with E-state index in [1.807, 2.05) is 6.92 Å². The Morgan fingerprint density at radius 2 is 2.29 bits per heavy atom. The molecule has 1 amide bonds. The molecule has 0 aromatic carbocycles. The molecule has 1 unspecified atom stereocenters. The summed E-state index contributed by atoms with van der Waals surface area (Å²) in [4.78, 5) is 16.7. The van der Waals surface area contributed by atoms with Crippen LogP contribution in [0.4, 0.5) is 0 Å². The van der Waals surface area contributed by atoms with E-state index in [9.17, 15) is 4.79 Å². The van der Waals surface area contributed by atoms with Crippen LogP contribution in [-0.4, -0.2) is 50.5 Å². The fourth-order valence-corrected chi connectivity index (χ4v) is 1.31. The van der Waals surface area contributed by atoms with E-state index in [1.165, 1.54) is 19.1 Å². The van der Waals surface area contributed by atoms with Crippen molar-refractivity contribution in [3.63, 3.8) is 0 Å². The van der Waals surface area contributed by atoms with Gasteiger partial charge in [0, 0.05) is 21.2 Å². The van der Waals surface area contributed by atoms with E-state index in [-0.39, 0.29) is 11.7 Å². The van der Waals surface area contributed by atoms with Crippen LogP contribution in [0.15, 0.2) is 4.99 Å². The molecule has 1 atom stereocenters. The number of rotatable bonds is 3. The number of amidine groups is 1. The summed E-state index contributed by atoms with van der Waals surface area (Å²) in [6.07, 6.45) is 0. The standard InChI is InChI=1S/C8H15N3O3/c1-5-14-8(13-4)10-6(9-2)7(12)11(8)3/h5H2,1-4H3,(H,9,10). The normalized spacial score (nSPS) is 29.9. The van der Waals surface area contributed by atoms with Gasteiger partial charge in [-0.1, -0.05) is 0 Å². The van der Waals surface area contributed by atoms with E-state index in [2.05, 4.69) is 10.3 Å². The molecule has 0 saturated carbocycles. The lowest BCUT2D eigenvalue weighted by atomic mass is 10.5. The van der Waals surface area contributed by atoms with E-state index in [0.717, 1.165) is 0 Å². The predicted octanol–water partition coefficient (Wildman–Crippen LogP) is -0.629. The monoisotopic (exact) mass is 201 g/mol. The second-order valence-corrected chi connectivity index (χ2v) is 2.78. The molecule has 1 fully saturated rings. The number of aliphatic imine (C=N–C) groups is 1. The number of methoxy groups -OCH3 is 1. The summed E-state index contributed by atoms with van der Waals surface area (Å²) in [6, 6.07) is -1.21. The zero-order valence-electron chi connectivity index (χ0n) is 8.83. The molecule has 1 heterocycles. The van der Waals surface area contributed by atoms with Gasteiger partial charge >= 0.3 is 6.03 Å². The molecule has 1 aliphatic rings. The van der Waals surface area contributed by atoms with Crippen molar-refractivity contribution in [1.29, 1.82) is 0 Å². The summed E-state index contributed by atoms with van der Waals surface area (Å²) < 4.78 is 10.5. The smallest absolute Gasteiger partial charge is 0.318 e. The van der Waals surface area contributed by atoms with Crippen molar-refractivity contribution in [2.24, 2.45) is 4.99 Å². The van der Waals surface area contributed by atoms with Gasteiger partial charge in [-0.05, 0) is 6.92 Å². The Balaban J connectivity index is 2.95. The molecule has 0 aromatic heterocycles. The first-order valence-corrected chi connectivity index (χ1v) is 4.33. The highest BCUT2D eigenvalue weighted by Gasteiger charge is 2.48. The van der Waals surface area contributed by atoms with Gasteiger partial charge in [-0.2, -0.15) is 0 Å². The molecule has 80 valence electrons. The molecule has 1 saturated heterocycles. The molecule has 1 rings (SSSR count). The van der Waals surface area contributed by atoms with Gasteiger partial charge in [-0.25, -0.2) is 0 Å². The number of ether oxygens (including phenoxy) is 2. The SMILES string of the molecule is CCOC1(OC)NC(=NC)C(=O)N1C. The summed E-state index contributed by atoms with van der Waals surface area (Å²) in [5.74, 6) is -0.00870. The lowest BCUT2D eigenvalue weighted by Gasteiger charge is -2.31. The third kappa shape index (κ3) is 1.46. The minimum Gasteiger partial charge on any atom is -0.318 e. The summed E-state index contributed by atoms with van der Waals surface area (Å²) in [7, 11) is 4.59. The highest BCUT2D eigenvalue weighted by Crippen LogP contribution is 2.19. The van der Waals surface area contributed by atoms with Crippen molar-refractivity contribution in [2.75, 3.05) is 27.8 Å². The minimum absolute atomic E-state index is 0.239. The number of nitrogens with one attached hydrogen (secondary N) is 1. The summed E-state index contributed by atoms with van der Waals surface area (Å²) in [5.41, 5.74) is 0. The summed E-state index contributed by atoms with van der Waals surface area (Å²) in [6.45, 7) is 2.25. The highest BCUT2D eigenvalue weighted by molar-refractivity contribution is 6.39. The Kier molecular flexibility index (Phi) is 3.07. The topological polar surface area (TPSA) is 63.2 Å². The number of hydrogen-bond donors (Lipinski definition) is 1. The van der Waals surface area contributed by atoms with Crippen LogP contribution in [0.5, 0.6) is 0 Å². The van der Waals surface area contributed by atoms with E-state index in [1.54, 1.807) is 7.05 Å². The molecular weight excluding hydrogens is 186 g/mol. The highest BCUT2D eigenvalue weighted by atomic mass is 16.7. The third-order valence-electron chi connectivity index (χ3n) is 2.07. The number of amides is 1. The van der Waals surface area contributed by atoms with Gasteiger partial charge in [0.25, 0.3) is 5.91 Å². The quantitative estimate of drug-likeness (QED) is 0.617. The van der Waals surface area contributed by atoms with Crippen molar-refractivity contribution in [1.82, 2.24) is 10.2 Å². The maximum Gasteiger partial charge on any atom is 0.343 e. The molecule has 0 bridgehead atoms. The molecule has 6 nitrogen and oxygen atoms in total. The van der Waals surface area contributed by atoms with Crippen LogP contribution in [0.1, 0.15) is 6.92 Å². The average Bonchev–Trinajstić information content (AvgIpc) is 2.44. The van der Waals surface area contributed by atoms with Crippen LogP contribution in [0, 0.1) is 0 Å². The Hall–Kier alpha value is -1.14. The van der Waals surface area contributed by atoms with Crippen LogP contribution in [0.25, 0.3) is 0 Å². The molecule has 6 heteroatoms. The van der Waals surface area contributed by atoms with E-state index < -0.39 is 6.03 Å². The van der Waals surface area contributed by atoms with Gasteiger partial charge in [0.1, 0.15) is 0 Å². The minimum atomic E-state index is -1.21. The number of carbonyl (C=O) groups excluding carboxylic acids is 1. The summed E-state index contributed by atoms with van der Waals surface area (Å²) >= 11 is 0. The molecule has 14 heavy (non-hydrogen) atoms. The van der Waals surface area contributed by atoms with Gasteiger partial charge in [0.05, 0.1) is 6.61 Å². The van der Waals surface area contributed by atoms with Gasteiger partial charge in [0.2, 0.25) is 0 Å². The Morgan fingerprint density at radius 3 is 2.64 bits per heavy atom. The first-order valence-electron chi connectivity index (χ1n) is 4.33. The van der Waals surface area contributed by atoms with Gasteiger partial charge < -0.3 is 9.47 Å². The maximum atomic E-state index is 11.6. The Bertz CT molecular complexity index is 267. The van der Waals surface area contributed by atoms with Gasteiger partial charge in [-0.3, -0.25) is 20.0 Å². The predicted molar refractivity (Wildman–Crippen MR) is 50.6 cm³/mol. The molecule has 0 aromatic rings. The van der Waals surface area contributed by atoms with Crippen molar-refractivity contribution >= 4 is 11.7 Å². The molecule has 1 N–H and O–H groups in total. The summed E-state index contributed by atoms with van der Waals surface area (Å²) in [5, 5.41) is 2.79. The fraction of sp³-hybridized carbons (Fsp3) is 0.750. The molecule has 0 aliphatic carbocycles. The van der Waals surface area contributed by atoms with E-state index in [4.69, 9.17) is 9.47 Å². The maximum absolute atomic E-state index is 11.6. The Morgan fingerprint density at radius 1 is 1.64 bits per heavy atom. The van der Waals surface area contributed by atoms with Crippen molar-refractivity contribution < 1.29 is 14.3 Å². The van der Waals surface area contributed by atoms with E-state index in [0.29, 0.717) is 6.61 Å². The Labute approximate surface area is 82.9 Å².